The average Bonchev–Trinajstić information content (AvgIpc) is 3.26. The molecule has 0 aliphatic rings. The molecule has 0 bridgehead atoms. The average molecular weight is 551 g/mol. The topological polar surface area (TPSA) is 147 Å². The molecule has 4 rings (SSSR count). The minimum absolute atomic E-state index is 0.0753. The van der Waals surface area contributed by atoms with Crippen molar-refractivity contribution in [2.24, 2.45) is 0 Å². The number of carboxylic acid groups (broad SMARTS) is 1. The van der Waals surface area contributed by atoms with E-state index in [1.54, 1.807) is 17.8 Å². The molecule has 4 aromatic rings. The van der Waals surface area contributed by atoms with Crippen LogP contribution in [0.5, 0.6) is 0 Å². The highest BCUT2D eigenvalue weighted by Gasteiger charge is 2.22. The zero-order chi connectivity index (χ0) is 26.2. The first-order valence-corrected chi connectivity index (χ1v) is 12.7. The van der Waals surface area contributed by atoms with Gasteiger partial charge < -0.3 is 15.7 Å². The molecule has 2 amide bonds. The molecular formula is C22H16ClFN4O6S2. The van der Waals surface area contributed by atoms with Crippen molar-refractivity contribution in [3.63, 3.8) is 0 Å². The van der Waals surface area contributed by atoms with Crippen LogP contribution < -0.4 is 20.9 Å². The number of carboxylic acids is 1. The van der Waals surface area contributed by atoms with E-state index >= 15 is 0 Å². The van der Waals surface area contributed by atoms with Crippen LogP contribution in [-0.4, -0.2) is 37.1 Å². The number of rotatable bonds is 6. The SMILES string of the molecule is CNc1cc2ccn(-c3ccc(NC(=O)NS(=O)(=O)c4ccc(Cl)s4)c(C(=O)O)c3)c(=O)c2cc1F. The number of anilines is 2. The number of halogens is 2. The number of nitrogens with one attached hydrogen (secondary N) is 3. The number of sulfonamides is 1. The summed E-state index contributed by atoms with van der Waals surface area (Å²) in [6.07, 6.45) is 1.40. The normalized spacial score (nSPS) is 11.3. The number of aromatic nitrogens is 1. The van der Waals surface area contributed by atoms with Gasteiger partial charge in [0.05, 0.1) is 26.7 Å². The van der Waals surface area contributed by atoms with Gasteiger partial charge in [-0.3, -0.25) is 9.36 Å². The molecule has 36 heavy (non-hydrogen) atoms. The maximum absolute atomic E-state index is 14.2. The van der Waals surface area contributed by atoms with Crippen LogP contribution in [-0.2, 0) is 10.0 Å². The van der Waals surface area contributed by atoms with Crippen LogP contribution in [0.15, 0.2) is 63.7 Å². The van der Waals surface area contributed by atoms with E-state index in [1.165, 1.54) is 36.5 Å². The third-order valence-corrected chi connectivity index (χ3v) is 8.12. The van der Waals surface area contributed by atoms with Crippen molar-refractivity contribution < 1.29 is 27.5 Å². The van der Waals surface area contributed by atoms with Crippen molar-refractivity contribution in [2.45, 2.75) is 4.21 Å². The third kappa shape index (κ3) is 4.89. The highest BCUT2D eigenvalue weighted by atomic mass is 35.5. The van der Waals surface area contributed by atoms with Crippen LogP contribution >= 0.6 is 22.9 Å². The number of hydrogen-bond donors (Lipinski definition) is 4. The summed E-state index contributed by atoms with van der Waals surface area (Å²) in [5.41, 5.74) is -0.885. The number of fused-ring (bicyclic) bond motifs is 1. The number of pyridine rings is 1. The van der Waals surface area contributed by atoms with Crippen molar-refractivity contribution in [1.29, 1.82) is 0 Å². The Morgan fingerprint density at radius 2 is 1.83 bits per heavy atom. The molecule has 0 saturated heterocycles. The van der Waals surface area contributed by atoms with E-state index in [0.717, 1.165) is 28.0 Å². The Hall–Kier alpha value is -3.94. The molecule has 0 radical (unpaired) electrons. The maximum atomic E-state index is 14.2. The molecule has 0 aliphatic carbocycles. The quantitative estimate of drug-likeness (QED) is 0.283. The van der Waals surface area contributed by atoms with Gasteiger partial charge in [0.15, 0.2) is 0 Å². The summed E-state index contributed by atoms with van der Waals surface area (Å²) in [5.74, 6) is -2.07. The zero-order valence-electron chi connectivity index (χ0n) is 18.2. The predicted molar refractivity (Wildman–Crippen MR) is 135 cm³/mol. The lowest BCUT2D eigenvalue weighted by atomic mass is 10.1. The summed E-state index contributed by atoms with van der Waals surface area (Å²) in [7, 11) is -2.69. The lowest BCUT2D eigenvalue weighted by Crippen LogP contribution is -2.34. The Balaban J connectivity index is 1.67. The fraction of sp³-hybridized carbons (Fsp3) is 0.0455. The number of aromatic carboxylic acids is 1. The minimum Gasteiger partial charge on any atom is -0.478 e. The van der Waals surface area contributed by atoms with Crippen molar-refractivity contribution in [2.75, 3.05) is 17.7 Å². The number of hydrogen-bond acceptors (Lipinski definition) is 7. The van der Waals surface area contributed by atoms with Crippen molar-refractivity contribution in [3.05, 3.63) is 80.8 Å². The highest BCUT2D eigenvalue weighted by molar-refractivity contribution is 7.92. The van der Waals surface area contributed by atoms with Gasteiger partial charge in [0.25, 0.3) is 15.6 Å². The van der Waals surface area contributed by atoms with Gasteiger partial charge in [0, 0.05) is 18.9 Å². The first-order chi connectivity index (χ1) is 17.0. The van der Waals surface area contributed by atoms with Crippen molar-refractivity contribution in [3.8, 4) is 5.69 Å². The van der Waals surface area contributed by atoms with Crippen LogP contribution in [0, 0.1) is 5.82 Å². The molecule has 0 unspecified atom stereocenters. The molecular weight excluding hydrogens is 535 g/mol. The number of nitrogens with zero attached hydrogens (tertiary/aromatic N) is 1. The Morgan fingerprint density at radius 3 is 2.47 bits per heavy atom. The molecule has 0 atom stereocenters. The van der Waals surface area contributed by atoms with E-state index in [4.69, 9.17) is 11.6 Å². The lowest BCUT2D eigenvalue weighted by Gasteiger charge is -2.13. The molecule has 0 saturated carbocycles. The fourth-order valence-electron chi connectivity index (χ4n) is 3.39. The zero-order valence-corrected chi connectivity index (χ0v) is 20.6. The monoisotopic (exact) mass is 550 g/mol. The molecule has 0 fully saturated rings. The highest BCUT2D eigenvalue weighted by Crippen LogP contribution is 2.26. The van der Waals surface area contributed by atoms with E-state index in [1.807, 2.05) is 0 Å². The van der Waals surface area contributed by atoms with E-state index < -0.39 is 39.0 Å². The second-order valence-electron chi connectivity index (χ2n) is 7.31. The minimum atomic E-state index is -4.23. The molecule has 186 valence electrons. The Kier molecular flexibility index (Phi) is 6.71. The smallest absolute Gasteiger partial charge is 0.337 e. The summed E-state index contributed by atoms with van der Waals surface area (Å²) in [6, 6.07) is 9.16. The largest absolute Gasteiger partial charge is 0.478 e. The van der Waals surface area contributed by atoms with Crippen LogP contribution in [0.4, 0.5) is 20.6 Å². The molecule has 2 heterocycles. The summed E-state index contributed by atoms with van der Waals surface area (Å²) in [5, 5.41) is 15.1. The standard InChI is InChI=1S/C22H16ClFN4O6S2/c1-25-17-8-11-6-7-28(20(29)13(11)10-15(17)24)12-2-3-16(14(9-12)21(30)31)26-22(32)27-36(33,34)19-5-4-18(23)35-19/h2-10,25H,1H3,(H,30,31)(H2,26,27,32). The predicted octanol–water partition coefficient (Wildman–Crippen LogP) is 4.10. The van der Waals surface area contributed by atoms with Crippen LogP contribution in [0.1, 0.15) is 10.4 Å². The molecule has 0 aliphatic heterocycles. The number of amides is 2. The molecule has 2 aromatic heterocycles. The summed E-state index contributed by atoms with van der Waals surface area (Å²) >= 11 is 6.47. The summed E-state index contributed by atoms with van der Waals surface area (Å²) < 4.78 is 41.7. The van der Waals surface area contributed by atoms with Gasteiger partial charge >= 0.3 is 12.0 Å². The van der Waals surface area contributed by atoms with Gasteiger partial charge in [-0.2, -0.15) is 0 Å². The number of urea groups is 1. The molecule has 4 N–H and O–H groups in total. The van der Waals surface area contributed by atoms with Crippen molar-refractivity contribution in [1.82, 2.24) is 9.29 Å². The van der Waals surface area contributed by atoms with Gasteiger partial charge in [-0.1, -0.05) is 11.6 Å². The first kappa shape index (κ1) is 25.2. The van der Waals surface area contributed by atoms with Gasteiger partial charge in [-0.05, 0) is 53.9 Å². The van der Waals surface area contributed by atoms with Crippen LogP contribution in [0.25, 0.3) is 16.5 Å². The third-order valence-electron chi connectivity index (χ3n) is 5.06. The van der Waals surface area contributed by atoms with E-state index in [-0.39, 0.29) is 31.0 Å². The maximum Gasteiger partial charge on any atom is 0.337 e. The summed E-state index contributed by atoms with van der Waals surface area (Å²) in [4.78, 5) is 37.2. The van der Waals surface area contributed by atoms with Crippen molar-refractivity contribution >= 4 is 67.1 Å². The van der Waals surface area contributed by atoms with Gasteiger partial charge in [-0.15, -0.1) is 11.3 Å². The molecule has 2 aromatic carbocycles. The van der Waals surface area contributed by atoms with E-state index in [2.05, 4.69) is 10.6 Å². The van der Waals surface area contributed by atoms with E-state index in [0.29, 0.717) is 5.39 Å². The summed E-state index contributed by atoms with van der Waals surface area (Å²) in [6.45, 7) is 0. The first-order valence-electron chi connectivity index (χ1n) is 9.99. The number of carbonyl (C=O) groups is 2. The van der Waals surface area contributed by atoms with Gasteiger partial charge in [0.1, 0.15) is 10.0 Å². The van der Waals surface area contributed by atoms with Crippen LogP contribution in [0.2, 0.25) is 4.34 Å². The van der Waals surface area contributed by atoms with Gasteiger partial charge in [0.2, 0.25) is 0 Å². The second kappa shape index (κ2) is 9.60. The molecule has 14 heteroatoms. The lowest BCUT2D eigenvalue weighted by molar-refractivity contribution is 0.0698. The number of carbonyl (C=O) groups excluding carboxylic acids is 1. The number of thiophene rings is 1. The molecule has 10 nitrogen and oxygen atoms in total. The molecule has 0 spiro atoms. The van der Waals surface area contributed by atoms with E-state index in [9.17, 15) is 32.3 Å². The second-order valence-corrected chi connectivity index (χ2v) is 10.9. The Labute approximate surface area is 212 Å². The number of benzene rings is 2. The van der Waals surface area contributed by atoms with Gasteiger partial charge in [-0.25, -0.2) is 27.1 Å². The van der Waals surface area contributed by atoms with Crippen LogP contribution in [0.3, 0.4) is 0 Å². The Morgan fingerprint density at radius 1 is 1.08 bits per heavy atom. The fourth-order valence-corrected chi connectivity index (χ4v) is 5.78. The Bertz CT molecular complexity index is 1700.